The minimum atomic E-state index is -5.12. The van der Waals surface area contributed by atoms with Crippen LogP contribution >= 0.6 is 7.82 Å². The first-order valence-corrected chi connectivity index (χ1v) is 22.1. The lowest BCUT2D eigenvalue weighted by Crippen LogP contribution is -2.64. The third-order valence-corrected chi connectivity index (χ3v) is 10.1. The first-order valence-electron chi connectivity index (χ1n) is 20.6. The third-order valence-electron chi connectivity index (χ3n) is 9.07. The maximum Gasteiger partial charge on any atom is 0.472 e. The summed E-state index contributed by atoms with van der Waals surface area (Å²) in [6.45, 7) is 3.06. The van der Waals surface area contributed by atoms with Crippen LogP contribution in [0.4, 0.5) is 0 Å². The number of hydrogen-bond donors (Lipinski definition) is 6. The van der Waals surface area contributed by atoms with Gasteiger partial charge in [0.15, 0.2) is 6.10 Å². The van der Waals surface area contributed by atoms with E-state index in [1.54, 1.807) is 0 Å². The van der Waals surface area contributed by atoms with Gasteiger partial charge < -0.3 is 39.9 Å². The van der Waals surface area contributed by atoms with Gasteiger partial charge in [-0.05, 0) is 70.6 Å². The molecule has 1 aliphatic carbocycles. The fraction of sp³-hybridized carbons (Fsp3) is 0.714. The van der Waals surface area contributed by atoms with Gasteiger partial charge in [0.25, 0.3) is 0 Å². The lowest BCUT2D eigenvalue weighted by Gasteiger charge is -2.41. The summed E-state index contributed by atoms with van der Waals surface area (Å²) in [4.78, 5) is 35.5. The zero-order valence-electron chi connectivity index (χ0n) is 33.7. The second kappa shape index (κ2) is 32.5. The van der Waals surface area contributed by atoms with E-state index in [0.717, 1.165) is 96.3 Å². The van der Waals surface area contributed by atoms with Crippen molar-refractivity contribution in [3.05, 3.63) is 60.8 Å². The average Bonchev–Trinajstić information content (AvgIpc) is 3.18. The number of aliphatic hydroxyl groups excluding tert-OH is 5. The molecule has 0 aromatic rings. The first kappa shape index (κ1) is 51.6. The number of hydrogen-bond acceptors (Lipinski definition) is 12. The summed E-state index contributed by atoms with van der Waals surface area (Å²) in [6, 6.07) is 0. The van der Waals surface area contributed by atoms with Crippen LogP contribution in [0.5, 0.6) is 0 Å². The van der Waals surface area contributed by atoms with Crippen molar-refractivity contribution >= 4 is 19.8 Å². The van der Waals surface area contributed by atoms with Crippen LogP contribution in [0.1, 0.15) is 136 Å². The number of unbranched alkanes of at least 4 members (excludes halogenated alkanes) is 10. The zero-order valence-corrected chi connectivity index (χ0v) is 34.5. The van der Waals surface area contributed by atoms with Gasteiger partial charge in [0.05, 0.1) is 6.61 Å². The van der Waals surface area contributed by atoms with Crippen LogP contribution in [-0.2, 0) is 32.7 Å². The Labute approximate surface area is 334 Å². The van der Waals surface area contributed by atoms with Gasteiger partial charge in [0.1, 0.15) is 43.2 Å². The lowest BCUT2D eigenvalue weighted by molar-refractivity contribution is -0.220. The van der Waals surface area contributed by atoms with Gasteiger partial charge in [-0.3, -0.25) is 18.6 Å². The molecule has 0 spiro atoms. The van der Waals surface area contributed by atoms with E-state index in [0.29, 0.717) is 12.8 Å². The predicted octanol–water partition coefficient (Wildman–Crippen LogP) is 6.99. The van der Waals surface area contributed by atoms with E-state index in [-0.39, 0.29) is 12.8 Å². The fourth-order valence-electron chi connectivity index (χ4n) is 5.75. The first-order chi connectivity index (χ1) is 26.9. The van der Waals surface area contributed by atoms with E-state index >= 15 is 0 Å². The number of phosphoric acid groups is 1. The van der Waals surface area contributed by atoms with Crippen LogP contribution in [0.15, 0.2) is 60.8 Å². The van der Waals surface area contributed by atoms with E-state index in [2.05, 4.69) is 74.6 Å². The molecule has 14 heteroatoms. The van der Waals surface area contributed by atoms with Crippen LogP contribution in [0.2, 0.25) is 0 Å². The van der Waals surface area contributed by atoms with Gasteiger partial charge in [0.2, 0.25) is 0 Å². The molecule has 1 saturated carbocycles. The number of rotatable bonds is 32. The molecule has 1 rings (SSSR count). The Morgan fingerprint density at radius 1 is 0.571 bits per heavy atom. The number of phosphoric ester groups is 1. The van der Waals surface area contributed by atoms with Crippen molar-refractivity contribution in [2.75, 3.05) is 13.2 Å². The Hall–Kier alpha value is -2.45. The molecule has 6 unspecified atom stereocenters. The predicted molar refractivity (Wildman–Crippen MR) is 216 cm³/mol. The van der Waals surface area contributed by atoms with Gasteiger partial charge in [-0.1, -0.05) is 113 Å². The van der Waals surface area contributed by atoms with Crippen molar-refractivity contribution in [2.45, 2.75) is 179 Å². The standard InChI is InChI=1S/C42H71O13P/c1-3-5-7-9-11-13-15-16-17-18-19-20-21-23-25-27-29-31-36(44)54-34(32-52-35(43)30-28-26-24-22-14-12-10-8-6-4-2)33-53-56(50,51)55-42-40(48)38(46)37(45)39(47)41(42)49/h5,7-8,10-11,13,16-17,19-20,34,37-42,45-49H,3-4,6,9,12,14-15,18,21-33H2,1-2H3,(H,50,51)/b7-5-,10-8-,13-11-,17-16-,20-19-. The number of allylic oxidation sites excluding steroid dienone is 10. The van der Waals surface area contributed by atoms with E-state index < -0.39 is 75.7 Å². The molecule has 1 fully saturated rings. The lowest BCUT2D eigenvalue weighted by atomic mass is 9.85. The molecule has 0 amide bonds. The summed E-state index contributed by atoms with van der Waals surface area (Å²) < 4.78 is 33.3. The van der Waals surface area contributed by atoms with Gasteiger partial charge in [-0.15, -0.1) is 0 Å². The normalized spacial score (nSPS) is 23.5. The maximum atomic E-state index is 12.8. The van der Waals surface area contributed by atoms with E-state index in [1.807, 2.05) is 0 Å². The summed E-state index contributed by atoms with van der Waals surface area (Å²) in [5.74, 6) is -1.15. The Kier molecular flexibility index (Phi) is 29.9. The molecule has 0 aromatic heterocycles. The Bertz CT molecular complexity index is 1220. The van der Waals surface area contributed by atoms with Gasteiger partial charge >= 0.3 is 19.8 Å². The van der Waals surface area contributed by atoms with Crippen molar-refractivity contribution in [2.24, 2.45) is 0 Å². The quantitative estimate of drug-likeness (QED) is 0.0175. The summed E-state index contributed by atoms with van der Waals surface area (Å²) in [6.07, 6.45) is 24.4. The SMILES string of the molecule is CC/C=C\C/C=C\C/C=C\C/C=C\CCCCCCC(=O)OC(COC(=O)CCCCCCC/C=C\CCC)COP(=O)(O)OC1C(O)C(O)C(O)C(O)C1O. The molecule has 0 aliphatic heterocycles. The van der Waals surface area contributed by atoms with E-state index in [9.17, 15) is 44.6 Å². The summed E-state index contributed by atoms with van der Waals surface area (Å²) >= 11 is 0. The molecular formula is C42H71O13P. The molecular weight excluding hydrogens is 743 g/mol. The van der Waals surface area contributed by atoms with Crippen LogP contribution < -0.4 is 0 Å². The summed E-state index contributed by atoms with van der Waals surface area (Å²) in [7, 11) is -5.12. The molecule has 322 valence electrons. The summed E-state index contributed by atoms with van der Waals surface area (Å²) in [5, 5.41) is 50.0. The number of carbonyl (C=O) groups excluding carboxylic acids is 2. The molecule has 0 saturated heterocycles. The smallest absolute Gasteiger partial charge is 0.462 e. The Morgan fingerprint density at radius 2 is 1.02 bits per heavy atom. The average molecular weight is 815 g/mol. The van der Waals surface area contributed by atoms with Crippen LogP contribution in [0.3, 0.4) is 0 Å². The zero-order chi connectivity index (χ0) is 41.4. The topological polar surface area (TPSA) is 210 Å². The van der Waals surface area contributed by atoms with Gasteiger partial charge in [0, 0.05) is 12.8 Å². The van der Waals surface area contributed by atoms with Crippen LogP contribution in [0.25, 0.3) is 0 Å². The highest BCUT2D eigenvalue weighted by Crippen LogP contribution is 2.47. The van der Waals surface area contributed by atoms with Crippen molar-refractivity contribution in [3.8, 4) is 0 Å². The molecule has 0 heterocycles. The van der Waals surface area contributed by atoms with Gasteiger partial charge in [-0.25, -0.2) is 4.57 Å². The molecule has 1 aliphatic rings. The fourth-order valence-corrected chi connectivity index (χ4v) is 6.72. The molecule has 0 aromatic carbocycles. The molecule has 0 bridgehead atoms. The molecule has 0 radical (unpaired) electrons. The highest BCUT2D eigenvalue weighted by molar-refractivity contribution is 7.47. The number of aliphatic hydroxyl groups is 5. The highest BCUT2D eigenvalue weighted by atomic mass is 31.2. The molecule has 13 nitrogen and oxygen atoms in total. The monoisotopic (exact) mass is 814 g/mol. The number of esters is 2. The molecule has 56 heavy (non-hydrogen) atoms. The maximum absolute atomic E-state index is 12.8. The van der Waals surface area contributed by atoms with Crippen molar-refractivity contribution < 1.29 is 63.1 Å². The largest absolute Gasteiger partial charge is 0.472 e. The van der Waals surface area contributed by atoms with Crippen molar-refractivity contribution in [1.29, 1.82) is 0 Å². The number of ether oxygens (including phenoxy) is 2. The van der Waals surface area contributed by atoms with E-state index in [4.69, 9.17) is 18.5 Å². The Morgan fingerprint density at radius 3 is 1.57 bits per heavy atom. The second-order valence-electron chi connectivity index (χ2n) is 14.1. The van der Waals surface area contributed by atoms with Crippen LogP contribution in [0, 0.1) is 0 Å². The van der Waals surface area contributed by atoms with Crippen molar-refractivity contribution in [3.63, 3.8) is 0 Å². The van der Waals surface area contributed by atoms with E-state index in [1.165, 1.54) is 0 Å². The number of carbonyl (C=O) groups is 2. The Balaban J connectivity index is 2.53. The van der Waals surface area contributed by atoms with Crippen molar-refractivity contribution in [1.82, 2.24) is 0 Å². The van der Waals surface area contributed by atoms with Crippen LogP contribution in [-0.4, -0.2) is 98.3 Å². The highest BCUT2D eigenvalue weighted by Gasteiger charge is 2.51. The summed E-state index contributed by atoms with van der Waals surface area (Å²) in [5.41, 5.74) is 0. The molecule has 6 atom stereocenters. The minimum absolute atomic E-state index is 0.0641. The minimum Gasteiger partial charge on any atom is -0.462 e. The second-order valence-corrected chi connectivity index (χ2v) is 15.5. The van der Waals surface area contributed by atoms with Gasteiger partial charge in [-0.2, -0.15) is 0 Å². The molecule has 6 N–H and O–H groups in total. The third kappa shape index (κ3) is 25.0.